The number of nitrogens with two attached hydrogens (primary N) is 2. The van der Waals surface area contributed by atoms with Crippen molar-refractivity contribution in [1.29, 1.82) is 0 Å². The summed E-state index contributed by atoms with van der Waals surface area (Å²) in [6.45, 7) is 1.30. The first-order valence-electron chi connectivity index (χ1n) is 5.98. The van der Waals surface area contributed by atoms with Gasteiger partial charge in [0.25, 0.3) is 11.8 Å². The molecule has 0 saturated heterocycles. The lowest BCUT2D eigenvalue weighted by Crippen LogP contribution is -2.41. The smallest absolute Gasteiger partial charge is 0.277 e. The summed E-state index contributed by atoms with van der Waals surface area (Å²) in [4.78, 5) is 11.6. The number of benzene rings is 1. The van der Waals surface area contributed by atoms with E-state index in [-0.39, 0.29) is 22.9 Å². The largest absolute Gasteiger partial charge is 0.346 e. The Balaban J connectivity index is 0.00000441. The average molecular weight is 358 g/mol. The summed E-state index contributed by atoms with van der Waals surface area (Å²) >= 11 is 0. The van der Waals surface area contributed by atoms with E-state index in [0.29, 0.717) is 11.1 Å². The van der Waals surface area contributed by atoms with Crippen molar-refractivity contribution in [2.75, 3.05) is 13.1 Å². The molecule has 0 spiro atoms. The molecule has 126 valence electrons. The normalized spacial score (nSPS) is 11.7. The van der Waals surface area contributed by atoms with Gasteiger partial charge >= 0.3 is 0 Å². The van der Waals surface area contributed by atoms with Crippen molar-refractivity contribution in [2.24, 2.45) is 10.9 Å². The number of nitrogens with one attached hydrogen (secondary N) is 1. The highest BCUT2D eigenvalue weighted by molar-refractivity contribution is 7.89. The Kier molecular flexibility index (Phi) is 6.89. The molecule has 10 heteroatoms. The van der Waals surface area contributed by atoms with Crippen molar-refractivity contribution in [3.8, 4) is 0 Å². The Morgan fingerprint density at radius 1 is 1.32 bits per heavy atom. The molecule has 0 bridgehead atoms. The maximum absolute atomic E-state index is 13.0. The molecule has 0 atom stereocenters. The summed E-state index contributed by atoms with van der Waals surface area (Å²) in [5.74, 6) is -4.05. The summed E-state index contributed by atoms with van der Waals surface area (Å²) in [5.41, 5.74) is 5.71. The number of hydrogen-bond acceptors (Lipinski definition) is 4. The van der Waals surface area contributed by atoms with Gasteiger partial charge < -0.3 is 11.1 Å². The van der Waals surface area contributed by atoms with E-state index in [9.17, 15) is 22.0 Å². The summed E-state index contributed by atoms with van der Waals surface area (Å²) in [5, 5.41) is 7.08. The van der Waals surface area contributed by atoms with Gasteiger partial charge in [-0.3, -0.25) is 4.79 Å². The number of carbonyl (C=O) groups excluding carboxylic acids is 1. The van der Waals surface area contributed by atoms with Gasteiger partial charge in [0.05, 0.1) is 18.0 Å². The number of hydrogen-bond donors (Lipinski definition) is 3. The van der Waals surface area contributed by atoms with Gasteiger partial charge in [-0.25, -0.2) is 22.3 Å². The third-order valence-electron chi connectivity index (χ3n) is 2.99. The van der Waals surface area contributed by atoms with Gasteiger partial charge in [-0.05, 0) is 37.1 Å². The molecule has 1 aromatic rings. The third-order valence-corrected chi connectivity index (χ3v) is 4.03. The number of alkyl halides is 2. The maximum atomic E-state index is 13.0. The predicted octanol–water partition coefficient (Wildman–Crippen LogP) is 0.696. The molecule has 6 nitrogen and oxygen atoms in total. The molecule has 0 aliphatic heterocycles. The van der Waals surface area contributed by atoms with Gasteiger partial charge in [0.2, 0.25) is 10.0 Å². The molecule has 0 radical (unpaired) electrons. The standard InChI is InChI=1S/C12H17F2N3O3S.ClH/c1-7-3-9(4-10(8(7)2)21(16,19)20)11(18)17-6-12(13,14)5-15;/h3-4H,5-6,15H2,1-2H3,(H,17,18)(H2,16,19,20);1H. The molecule has 22 heavy (non-hydrogen) atoms. The van der Waals surface area contributed by atoms with E-state index in [4.69, 9.17) is 10.9 Å². The number of aryl methyl sites for hydroxylation is 1. The minimum absolute atomic E-state index is 0. The van der Waals surface area contributed by atoms with Crippen LogP contribution in [-0.2, 0) is 10.0 Å². The first-order valence-corrected chi connectivity index (χ1v) is 7.53. The van der Waals surface area contributed by atoms with Crippen LogP contribution in [0.15, 0.2) is 17.0 Å². The molecule has 0 saturated carbocycles. The van der Waals surface area contributed by atoms with Gasteiger partial charge in [-0.15, -0.1) is 12.4 Å². The van der Waals surface area contributed by atoms with Crippen LogP contribution in [0.1, 0.15) is 21.5 Å². The third kappa shape index (κ3) is 5.16. The molecule has 0 heterocycles. The zero-order valence-corrected chi connectivity index (χ0v) is 13.7. The zero-order valence-electron chi connectivity index (χ0n) is 12.0. The van der Waals surface area contributed by atoms with Crippen LogP contribution < -0.4 is 16.2 Å². The second-order valence-electron chi connectivity index (χ2n) is 4.70. The van der Waals surface area contributed by atoms with E-state index >= 15 is 0 Å². The second kappa shape index (κ2) is 7.32. The molecule has 5 N–H and O–H groups in total. The topological polar surface area (TPSA) is 115 Å². The molecule has 1 amide bonds. The van der Waals surface area contributed by atoms with Crippen molar-refractivity contribution in [3.63, 3.8) is 0 Å². The quantitative estimate of drug-likeness (QED) is 0.719. The first-order chi connectivity index (χ1) is 9.48. The summed E-state index contributed by atoms with van der Waals surface area (Å²) in [6, 6.07) is 2.47. The minimum Gasteiger partial charge on any atom is -0.346 e. The minimum atomic E-state index is -4.01. The van der Waals surface area contributed by atoms with Gasteiger partial charge in [-0.2, -0.15) is 0 Å². The van der Waals surface area contributed by atoms with Gasteiger partial charge in [-0.1, -0.05) is 0 Å². The van der Waals surface area contributed by atoms with E-state index in [2.05, 4.69) is 0 Å². The number of amides is 1. The number of carbonyl (C=O) groups is 1. The molecule has 0 aliphatic rings. The molecule has 0 aliphatic carbocycles. The summed E-state index contributed by atoms with van der Waals surface area (Å²) < 4.78 is 48.9. The van der Waals surface area contributed by atoms with Crippen LogP contribution in [0.4, 0.5) is 8.78 Å². The Morgan fingerprint density at radius 2 is 1.86 bits per heavy atom. The van der Waals surface area contributed by atoms with E-state index in [1.807, 2.05) is 5.32 Å². The first kappa shape index (κ1) is 20.7. The van der Waals surface area contributed by atoms with Crippen LogP contribution in [-0.4, -0.2) is 33.3 Å². The highest BCUT2D eigenvalue weighted by Crippen LogP contribution is 2.20. The van der Waals surface area contributed by atoms with E-state index in [1.165, 1.54) is 6.07 Å². The van der Waals surface area contributed by atoms with Crippen LogP contribution in [0, 0.1) is 13.8 Å². The Hall–Kier alpha value is -1.29. The molecule has 1 aromatic carbocycles. The number of primary sulfonamides is 1. The summed E-state index contributed by atoms with van der Waals surface area (Å²) in [7, 11) is -4.01. The van der Waals surface area contributed by atoms with Crippen LogP contribution in [0.3, 0.4) is 0 Å². The molecule has 0 unspecified atom stereocenters. The van der Waals surface area contributed by atoms with Crippen LogP contribution in [0.5, 0.6) is 0 Å². The second-order valence-corrected chi connectivity index (χ2v) is 6.23. The maximum Gasteiger partial charge on any atom is 0.277 e. The van der Waals surface area contributed by atoms with Crippen molar-refractivity contribution >= 4 is 28.3 Å². The monoisotopic (exact) mass is 357 g/mol. The lowest BCUT2D eigenvalue weighted by atomic mass is 10.1. The van der Waals surface area contributed by atoms with Gasteiger partial charge in [0, 0.05) is 5.56 Å². The lowest BCUT2D eigenvalue weighted by Gasteiger charge is -2.15. The summed E-state index contributed by atoms with van der Waals surface area (Å²) in [6.07, 6.45) is 0. The molecule has 0 aromatic heterocycles. The Labute approximate surface area is 133 Å². The van der Waals surface area contributed by atoms with Crippen LogP contribution in [0.25, 0.3) is 0 Å². The SMILES string of the molecule is Cc1cc(C(=O)NCC(F)(F)CN)cc(S(N)(=O)=O)c1C.Cl. The van der Waals surface area contributed by atoms with Crippen molar-refractivity contribution < 1.29 is 22.0 Å². The lowest BCUT2D eigenvalue weighted by molar-refractivity contribution is 0.0118. The molecular weight excluding hydrogens is 340 g/mol. The fourth-order valence-corrected chi connectivity index (χ4v) is 2.52. The van der Waals surface area contributed by atoms with Gasteiger partial charge in [0.1, 0.15) is 0 Å². The molecule has 0 fully saturated rings. The van der Waals surface area contributed by atoms with E-state index < -0.39 is 34.9 Å². The highest BCUT2D eigenvalue weighted by atomic mass is 35.5. The van der Waals surface area contributed by atoms with Gasteiger partial charge in [0.15, 0.2) is 0 Å². The van der Waals surface area contributed by atoms with Crippen LogP contribution in [0.2, 0.25) is 0 Å². The highest BCUT2D eigenvalue weighted by Gasteiger charge is 2.27. The number of sulfonamides is 1. The zero-order chi connectivity index (χ0) is 16.4. The number of rotatable bonds is 5. The van der Waals surface area contributed by atoms with E-state index in [0.717, 1.165) is 6.07 Å². The van der Waals surface area contributed by atoms with Crippen molar-refractivity contribution in [1.82, 2.24) is 5.32 Å². The van der Waals surface area contributed by atoms with Crippen LogP contribution >= 0.6 is 12.4 Å². The Bertz CT molecular complexity index is 666. The predicted molar refractivity (Wildman–Crippen MR) is 80.9 cm³/mol. The molecular formula is C12H18ClF2N3O3S. The van der Waals surface area contributed by atoms with Crippen molar-refractivity contribution in [2.45, 2.75) is 24.7 Å². The average Bonchev–Trinajstić information content (AvgIpc) is 2.37. The number of halogens is 3. The van der Waals surface area contributed by atoms with Crippen molar-refractivity contribution in [3.05, 3.63) is 28.8 Å². The Morgan fingerprint density at radius 3 is 2.32 bits per heavy atom. The fraction of sp³-hybridized carbons (Fsp3) is 0.417. The van der Waals surface area contributed by atoms with E-state index in [1.54, 1.807) is 13.8 Å². The fourth-order valence-electron chi connectivity index (χ4n) is 1.64. The molecule has 1 rings (SSSR count).